The quantitative estimate of drug-likeness (QED) is 0.689. The Bertz CT molecular complexity index is 1150. The summed E-state index contributed by atoms with van der Waals surface area (Å²) >= 11 is 0. The number of anilines is 1. The van der Waals surface area contributed by atoms with E-state index in [2.05, 4.69) is 12.1 Å². The van der Waals surface area contributed by atoms with Gasteiger partial charge in [-0.3, -0.25) is 9.20 Å². The van der Waals surface area contributed by atoms with Crippen molar-refractivity contribution in [1.82, 2.24) is 4.40 Å². The van der Waals surface area contributed by atoms with Crippen molar-refractivity contribution in [3.8, 4) is 11.1 Å². The Hall–Kier alpha value is -3.08. The van der Waals surface area contributed by atoms with Gasteiger partial charge < -0.3 is 10.8 Å². The molecule has 0 saturated heterocycles. The van der Waals surface area contributed by atoms with Crippen molar-refractivity contribution in [3.63, 3.8) is 0 Å². The summed E-state index contributed by atoms with van der Waals surface area (Å²) in [6.45, 7) is 5.97. The highest BCUT2D eigenvalue weighted by atomic mass is 16.4. The topological polar surface area (TPSA) is 84.8 Å². The summed E-state index contributed by atoms with van der Waals surface area (Å²) in [5, 5.41) is 9.42. The number of carboxylic acids is 1. The summed E-state index contributed by atoms with van der Waals surface area (Å²) in [5.41, 5.74) is 13.1. The lowest BCUT2D eigenvalue weighted by molar-refractivity contribution is 0.0694. The molecule has 2 aromatic heterocycles. The summed E-state index contributed by atoms with van der Waals surface area (Å²) in [5.74, 6) is -0.856. The second-order valence-electron chi connectivity index (χ2n) is 7.49. The van der Waals surface area contributed by atoms with Gasteiger partial charge >= 0.3 is 5.97 Å². The highest BCUT2D eigenvalue weighted by Gasteiger charge is 2.29. The Labute approximate surface area is 157 Å². The van der Waals surface area contributed by atoms with Gasteiger partial charge in [-0.15, -0.1) is 0 Å². The molecule has 0 aliphatic heterocycles. The predicted octanol–water partition coefficient (Wildman–Crippen LogP) is 4.05. The molecule has 1 aliphatic carbocycles. The third-order valence-corrected chi connectivity index (χ3v) is 5.57. The van der Waals surface area contributed by atoms with Crippen molar-refractivity contribution in [2.45, 2.75) is 39.5 Å². The molecular formula is C22H22N2O3. The van der Waals surface area contributed by atoms with Crippen LogP contribution in [-0.2, 0) is 0 Å². The number of pyridine rings is 2. The molecule has 0 atom stereocenters. The number of benzene rings is 1. The van der Waals surface area contributed by atoms with Gasteiger partial charge in [-0.2, -0.15) is 0 Å². The molecule has 138 valence electrons. The minimum atomic E-state index is -1.18. The van der Waals surface area contributed by atoms with Crippen LogP contribution in [0.15, 0.2) is 35.3 Å². The van der Waals surface area contributed by atoms with E-state index < -0.39 is 11.5 Å². The number of aryl methyl sites for hydroxylation is 3. The summed E-state index contributed by atoms with van der Waals surface area (Å²) < 4.78 is 1.49. The maximum Gasteiger partial charge on any atom is 0.341 e. The lowest BCUT2D eigenvalue weighted by atomic mass is 9.94. The van der Waals surface area contributed by atoms with Gasteiger partial charge in [0.2, 0.25) is 0 Å². The van der Waals surface area contributed by atoms with Crippen LogP contribution in [0.5, 0.6) is 0 Å². The van der Waals surface area contributed by atoms with Crippen LogP contribution in [0.25, 0.3) is 16.6 Å². The lowest BCUT2D eigenvalue weighted by Gasteiger charge is -2.16. The first-order chi connectivity index (χ1) is 12.8. The molecule has 2 heterocycles. The molecule has 1 saturated carbocycles. The molecule has 0 radical (unpaired) electrons. The molecule has 0 spiro atoms. The first-order valence-corrected chi connectivity index (χ1v) is 9.09. The van der Waals surface area contributed by atoms with Crippen LogP contribution in [0.4, 0.5) is 5.69 Å². The number of fused-ring (bicyclic) bond motifs is 1. The fourth-order valence-corrected chi connectivity index (χ4v) is 3.90. The van der Waals surface area contributed by atoms with Crippen molar-refractivity contribution in [2.24, 2.45) is 0 Å². The number of nitrogen functional groups attached to an aromatic ring is 1. The van der Waals surface area contributed by atoms with Crippen LogP contribution in [0.3, 0.4) is 0 Å². The first kappa shape index (κ1) is 17.3. The molecule has 27 heavy (non-hydrogen) atoms. The van der Waals surface area contributed by atoms with E-state index in [4.69, 9.17) is 5.73 Å². The minimum Gasteiger partial charge on any atom is -0.477 e. The Morgan fingerprint density at radius 1 is 1.15 bits per heavy atom. The molecule has 0 amide bonds. The smallest absolute Gasteiger partial charge is 0.341 e. The fourth-order valence-electron chi connectivity index (χ4n) is 3.90. The zero-order chi connectivity index (χ0) is 19.5. The van der Waals surface area contributed by atoms with Gasteiger partial charge in [0.1, 0.15) is 5.56 Å². The highest BCUT2D eigenvalue weighted by Crippen LogP contribution is 2.43. The number of hydrogen-bond acceptors (Lipinski definition) is 3. The zero-order valence-corrected chi connectivity index (χ0v) is 15.7. The van der Waals surface area contributed by atoms with E-state index in [1.807, 2.05) is 26.8 Å². The minimum absolute atomic E-state index is 0.166. The van der Waals surface area contributed by atoms with E-state index in [-0.39, 0.29) is 5.56 Å². The Balaban J connectivity index is 2.05. The number of aromatic carboxylic acids is 1. The molecule has 1 aliphatic rings. The molecule has 0 bridgehead atoms. The van der Waals surface area contributed by atoms with Crippen molar-refractivity contribution in [2.75, 3.05) is 5.73 Å². The number of aromatic nitrogens is 1. The van der Waals surface area contributed by atoms with E-state index in [0.717, 1.165) is 57.4 Å². The Morgan fingerprint density at radius 3 is 2.33 bits per heavy atom. The summed E-state index contributed by atoms with van der Waals surface area (Å²) in [6, 6.07) is 7.58. The van der Waals surface area contributed by atoms with Crippen LogP contribution in [0.2, 0.25) is 0 Å². The number of carboxylic acid groups (broad SMARTS) is 1. The van der Waals surface area contributed by atoms with E-state index in [0.29, 0.717) is 5.92 Å². The van der Waals surface area contributed by atoms with E-state index in [1.165, 1.54) is 4.40 Å². The standard InChI is InChI=1S/C22H22N2O3/c1-11-8-15(9-12(2)19(11)23)16-6-7-24-20(13(16)3)17(14-4-5-14)10-18(21(24)25)22(26)27/h6-10,14H,4-5,23H2,1-3H3,(H,26,27). The maximum absolute atomic E-state index is 12.7. The van der Waals surface area contributed by atoms with Gasteiger partial charge in [-0.1, -0.05) is 0 Å². The number of carbonyl (C=O) groups is 1. The normalized spacial score (nSPS) is 13.9. The van der Waals surface area contributed by atoms with Crippen molar-refractivity contribution >= 4 is 17.2 Å². The molecule has 5 heteroatoms. The molecule has 3 aromatic rings. The predicted molar refractivity (Wildman–Crippen MR) is 107 cm³/mol. The average molecular weight is 362 g/mol. The fraction of sp³-hybridized carbons (Fsp3) is 0.273. The molecule has 4 rings (SSSR count). The third-order valence-electron chi connectivity index (χ3n) is 5.57. The second-order valence-corrected chi connectivity index (χ2v) is 7.49. The van der Waals surface area contributed by atoms with Gasteiger partial charge in [-0.05, 0) is 97.2 Å². The van der Waals surface area contributed by atoms with Crippen LogP contribution < -0.4 is 11.3 Å². The summed E-state index contributed by atoms with van der Waals surface area (Å²) in [4.78, 5) is 24.2. The molecule has 0 unspecified atom stereocenters. The third kappa shape index (κ3) is 2.70. The molecule has 1 aromatic carbocycles. The number of nitrogens with two attached hydrogens (primary N) is 1. The van der Waals surface area contributed by atoms with E-state index >= 15 is 0 Å². The van der Waals surface area contributed by atoms with Gasteiger partial charge in [0.05, 0.1) is 5.52 Å². The zero-order valence-electron chi connectivity index (χ0n) is 15.7. The van der Waals surface area contributed by atoms with Crippen molar-refractivity contribution in [1.29, 1.82) is 0 Å². The SMILES string of the molecule is Cc1cc(-c2ccn3c(=O)c(C(=O)O)cc(C4CC4)c3c2C)cc(C)c1N. The Morgan fingerprint density at radius 2 is 1.78 bits per heavy atom. The van der Waals surface area contributed by atoms with E-state index in [1.54, 1.807) is 12.3 Å². The second kappa shape index (κ2) is 5.98. The van der Waals surface area contributed by atoms with Gasteiger partial charge in [0, 0.05) is 11.9 Å². The average Bonchev–Trinajstić information content (AvgIpc) is 3.45. The van der Waals surface area contributed by atoms with Crippen molar-refractivity contribution < 1.29 is 9.90 Å². The van der Waals surface area contributed by atoms with Gasteiger partial charge in [0.15, 0.2) is 0 Å². The van der Waals surface area contributed by atoms with Crippen LogP contribution >= 0.6 is 0 Å². The number of nitrogens with zero attached hydrogens (tertiary/aromatic N) is 1. The monoisotopic (exact) mass is 362 g/mol. The van der Waals surface area contributed by atoms with Gasteiger partial charge in [0.25, 0.3) is 5.56 Å². The van der Waals surface area contributed by atoms with Crippen LogP contribution in [-0.4, -0.2) is 15.5 Å². The molecule has 5 nitrogen and oxygen atoms in total. The lowest BCUT2D eigenvalue weighted by Crippen LogP contribution is -2.23. The summed E-state index contributed by atoms with van der Waals surface area (Å²) in [7, 11) is 0. The van der Waals surface area contributed by atoms with Crippen LogP contribution in [0, 0.1) is 20.8 Å². The van der Waals surface area contributed by atoms with Crippen LogP contribution in [0.1, 0.15) is 51.4 Å². The highest BCUT2D eigenvalue weighted by molar-refractivity contribution is 5.89. The molecular weight excluding hydrogens is 340 g/mol. The van der Waals surface area contributed by atoms with Gasteiger partial charge in [-0.25, -0.2) is 4.79 Å². The number of rotatable bonds is 3. The first-order valence-electron chi connectivity index (χ1n) is 9.09. The molecule has 3 N–H and O–H groups in total. The van der Waals surface area contributed by atoms with Crippen molar-refractivity contribution in [3.05, 3.63) is 68.6 Å². The maximum atomic E-state index is 12.7. The summed E-state index contributed by atoms with van der Waals surface area (Å²) in [6.07, 6.45) is 3.74. The Kier molecular flexibility index (Phi) is 3.84. The number of hydrogen-bond donors (Lipinski definition) is 2. The largest absolute Gasteiger partial charge is 0.477 e. The van der Waals surface area contributed by atoms with E-state index in [9.17, 15) is 14.7 Å². The molecule has 1 fully saturated rings.